The van der Waals surface area contributed by atoms with Crippen LogP contribution in [0.3, 0.4) is 0 Å². The van der Waals surface area contributed by atoms with Crippen molar-refractivity contribution in [2.24, 2.45) is 0 Å². The Hall–Kier alpha value is -3.29. The van der Waals surface area contributed by atoms with Gasteiger partial charge < -0.3 is 9.47 Å². The maximum atomic E-state index is 12.6. The Balaban J connectivity index is 1.42. The summed E-state index contributed by atoms with van der Waals surface area (Å²) in [6.07, 6.45) is 10.3. The molecular weight excluding hydrogens is 440 g/mol. The van der Waals surface area contributed by atoms with Gasteiger partial charge in [-0.15, -0.1) is 6.42 Å². The Labute approximate surface area is 203 Å². The number of terminal acetylenes is 1. The SMILES string of the molecule is C#CC1(OC(=O)COc2c(C)cc(-[s+]3c4ccccc4c4ccccc43)cc2C)CCCCC1. The molecule has 1 aliphatic carbocycles. The molecule has 1 aromatic heterocycles. The smallest absolute Gasteiger partial charge is 0.345 e. The van der Waals surface area contributed by atoms with Crippen molar-refractivity contribution in [3.05, 3.63) is 71.8 Å². The molecule has 5 rings (SSSR count). The molecule has 0 atom stereocenters. The fourth-order valence-corrected chi connectivity index (χ4v) is 7.70. The molecule has 0 aliphatic heterocycles. The summed E-state index contributed by atoms with van der Waals surface area (Å²) in [5, 5.41) is 2.62. The highest BCUT2D eigenvalue weighted by Gasteiger charge is 2.34. The minimum atomic E-state index is -0.767. The van der Waals surface area contributed by atoms with E-state index in [4.69, 9.17) is 15.9 Å². The number of esters is 1. The number of carbonyl (C=O) groups excluding carboxylic acids is 1. The summed E-state index contributed by atoms with van der Waals surface area (Å²) in [7, 11) is -0.163. The van der Waals surface area contributed by atoms with E-state index >= 15 is 0 Å². The van der Waals surface area contributed by atoms with Crippen molar-refractivity contribution >= 4 is 36.6 Å². The van der Waals surface area contributed by atoms with Crippen molar-refractivity contribution in [3.63, 3.8) is 0 Å². The second-order valence-electron chi connectivity index (χ2n) is 9.15. The molecule has 4 heteroatoms. The Morgan fingerprint density at radius 1 is 0.941 bits per heavy atom. The fraction of sp³-hybridized carbons (Fsp3) is 0.300. The molecule has 3 nitrogen and oxygen atoms in total. The van der Waals surface area contributed by atoms with Crippen molar-refractivity contribution in [1.82, 2.24) is 0 Å². The monoisotopic (exact) mass is 469 g/mol. The van der Waals surface area contributed by atoms with Crippen molar-refractivity contribution < 1.29 is 14.3 Å². The number of fused-ring (bicyclic) bond motifs is 3. The number of hydrogen-bond acceptors (Lipinski definition) is 3. The van der Waals surface area contributed by atoms with Crippen LogP contribution in [0.1, 0.15) is 43.2 Å². The molecule has 1 fully saturated rings. The standard InChI is InChI=1S/C30H29O3S/c1-4-30(16-10-5-11-17-30)33-28(31)20-32-29-21(2)18-23(19-22(29)3)34-26-14-8-6-12-24(26)25-13-7-9-15-27(25)34/h1,6-9,12-15,18-19H,5,10-11,16-17,20H2,2-3H3/q+1. The van der Waals surface area contributed by atoms with Crippen LogP contribution in [-0.4, -0.2) is 18.2 Å². The summed E-state index contributed by atoms with van der Waals surface area (Å²) in [5.41, 5.74) is 1.26. The zero-order valence-electron chi connectivity index (χ0n) is 19.7. The number of carbonyl (C=O) groups is 1. The molecule has 0 radical (unpaired) electrons. The van der Waals surface area contributed by atoms with Gasteiger partial charge in [0.1, 0.15) is 5.75 Å². The van der Waals surface area contributed by atoms with Gasteiger partial charge in [-0.2, -0.15) is 0 Å². The van der Waals surface area contributed by atoms with Gasteiger partial charge in [0.25, 0.3) is 0 Å². The highest BCUT2D eigenvalue weighted by molar-refractivity contribution is 7.50. The van der Waals surface area contributed by atoms with Crippen LogP contribution >= 0.6 is 10.5 Å². The number of benzene rings is 3. The van der Waals surface area contributed by atoms with Gasteiger partial charge in [-0.05, 0) is 74.9 Å². The summed E-state index contributed by atoms with van der Waals surface area (Å²) >= 11 is 0. The first kappa shape index (κ1) is 22.5. The van der Waals surface area contributed by atoms with Crippen molar-refractivity contribution in [2.45, 2.75) is 51.6 Å². The molecule has 0 N–H and O–H groups in total. The molecule has 3 aromatic carbocycles. The van der Waals surface area contributed by atoms with E-state index in [1.165, 1.54) is 25.1 Å². The van der Waals surface area contributed by atoms with Gasteiger partial charge in [-0.3, -0.25) is 0 Å². The Morgan fingerprint density at radius 3 is 2.06 bits per heavy atom. The molecule has 0 amide bonds. The molecule has 1 heterocycles. The van der Waals surface area contributed by atoms with Gasteiger partial charge in [0.05, 0.1) is 0 Å². The minimum Gasteiger partial charge on any atom is -0.481 e. The molecule has 34 heavy (non-hydrogen) atoms. The Bertz CT molecular complexity index is 1340. The molecule has 172 valence electrons. The molecule has 0 unspecified atom stereocenters. The van der Waals surface area contributed by atoms with Gasteiger partial charge in [0, 0.05) is 33.4 Å². The molecule has 0 saturated heterocycles. The second-order valence-corrected chi connectivity index (χ2v) is 11.1. The van der Waals surface area contributed by atoms with Crippen LogP contribution < -0.4 is 4.74 Å². The number of hydrogen-bond donors (Lipinski definition) is 0. The maximum Gasteiger partial charge on any atom is 0.345 e. The maximum absolute atomic E-state index is 12.6. The van der Waals surface area contributed by atoms with E-state index in [1.807, 2.05) is 13.8 Å². The molecule has 0 bridgehead atoms. The van der Waals surface area contributed by atoms with Gasteiger partial charge >= 0.3 is 5.97 Å². The summed E-state index contributed by atoms with van der Waals surface area (Å²) in [5.74, 6) is 3.07. The van der Waals surface area contributed by atoms with Gasteiger partial charge in [0.15, 0.2) is 26.5 Å². The van der Waals surface area contributed by atoms with Crippen LogP contribution in [0.5, 0.6) is 5.75 Å². The van der Waals surface area contributed by atoms with Gasteiger partial charge in [-0.25, -0.2) is 4.79 Å². The summed E-state index contributed by atoms with van der Waals surface area (Å²) in [4.78, 5) is 13.8. The van der Waals surface area contributed by atoms with Crippen LogP contribution in [0.2, 0.25) is 0 Å². The van der Waals surface area contributed by atoms with Gasteiger partial charge in [-0.1, -0.05) is 36.6 Å². The highest BCUT2D eigenvalue weighted by atomic mass is 32.2. The average molecular weight is 470 g/mol. The lowest BCUT2D eigenvalue weighted by atomic mass is 9.85. The van der Waals surface area contributed by atoms with E-state index in [0.717, 1.165) is 49.0 Å². The summed E-state index contributed by atoms with van der Waals surface area (Å²) in [6.45, 7) is 3.94. The van der Waals surface area contributed by atoms with E-state index in [-0.39, 0.29) is 17.1 Å². The quantitative estimate of drug-likeness (QED) is 0.171. The number of ether oxygens (including phenoxy) is 2. The van der Waals surface area contributed by atoms with Crippen molar-refractivity contribution in [1.29, 1.82) is 0 Å². The van der Waals surface area contributed by atoms with Crippen molar-refractivity contribution in [3.8, 4) is 23.0 Å². The van der Waals surface area contributed by atoms with E-state index in [1.54, 1.807) is 0 Å². The third kappa shape index (κ3) is 4.06. The lowest BCUT2D eigenvalue weighted by molar-refractivity contribution is -0.159. The summed E-state index contributed by atoms with van der Waals surface area (Å²) < 4.78 is 14.4. The first-order chi connectivity index (χ1) is 16.5. The van der Waals surface area contributed by atoms with Crippen LogP contribution in [0.25, 0.3) is 25.1 Å². The zero-order valence-corrected chi connectivity index (χ0v) is 20.5. The lowest BCUT2D eigenvalue weighted by Crippen LogP contribution is -2.37. The first-order valence-electron chi connectivity index (χ1n) is 11.9. The number of aryl methyl sites for hydroxylation is 2. The molecular formula is C30H29O3S+. The lowest BCUT2D eigenvalue weighted by Gasteiger charge is -2.31. The third-order valence-electron chi connectivity index (χ3n) is 6.74. The van der Waals surface area contributed by atoms with Crippen LogP contribution in [0.15, 0.2) is 60.7 Å². The third-order valence-corrected chi connectivity index (χ3v) is 9.04. The average Bonchev–Trinajstić information content (AvgIpc) is 3.18. The molecule has 4 aromatic rings. The molecule has 1 saturated carbocycles. The fourth-order valence-electron chi connectivity index (χ4n) is 5.14. The Morgan fingerprint density at radius 2 is 1.50 bits per heavy atom. The van der Waals surface area contributed by atoms with Crippen molar-refractivity contribution in [2.75, 3.05) is 6.61 Å². The van der Waals surface area contributed by atoms with E-state index < -0.39 is 11.6 Å². The largest absolute Gasteiger partial charge is 0.481 e. The predicted octanol–water partition coefficient (Wildman–Crippen LogP) is 7.61. The number of rotatable bonds is 5. The Kier molecular flexibility index (Phi) is 6.06. The topological polar surface area (TPSA) is 35.5 Å². The van der Waals surface area contributed by atoms with Crippen LogP contribution in [0, 0.1) is 26.2 Å². The molecule has 0 spiro atoms. The van der Waals surface area contributed by atoms with Gasteiger partial charge in [0.2, 0.25) is 0 Å². The van der Waals surface area contributed by atoms with E-state index in [9.17, 15) is 4.79 Å². The second kappa shape index (κ2) is 9.16. The highest BCUT2D eigenvalue weighted by Crippen LogP contribution is 2.49. The molecule has 1 aliphatic rings. The van der Waals surface area contributed by atoms with E-state index in [0.29, 0.717) is 0 Å². The van der Waals surface area contributed by atoms with Crippen LogP contribution in [-0.2, 0) is 9.53 Å². The van der Waals surface area contributed by atoms with Crippen LogP contribution in [0.4, 0.5) is 0 Å². The zero-order chi connectivity index (χ0) is 23.7. The van der Waals surface area contributed by atoms with E-state index in [2.05, 4.69) is 66.6 Å². The summed E-state index contributed by atoms with van der Waals surface area (Å²) in [6, 6.07) is 21.7. The minimum absolute atomic E-state index is 0.137. The number of thiophene rings is 1. The predicted molar refractivity (Wildman–Crippen MR) is 141 cm³/mol. The normalized spacial score (nSPS) is 15.2. The first-order valence-corrected chi connectivity index (χ1v) is 13.1.